The number of ether oxygens (including phenoxy) is 1. The molecule has 100 valence electrons. The molecule has 4 nitrogen and oxygen atoms in total. The van der Waals surface area contributed by atoms with Crippen LogP contribution in [0.5, 0.6) is 0 Å². The molecule has 2 atom stereocenters. The third kappa shape index (κ3) is 3.71. The maximum absolute atomic E-state index is 10.9. The van der Waals surface area contributed by atoms with E-state index in [1.807, 2.05) is 25.1 Å². The number of methoxy groups -OCH3 is 1. The molecule has 0 aliphatic rings. The fourth-order valence-corrected chi connectivity index (χ4v) is 2.05. The SMILES string of the molecule is COCc1c(Br)cccc1NC(C)C(C)C(=O)O. The molecule has 18 heavy (non-hydrogen) atoms. The zero-order valence-corrected chi connectivity index (χ0v) is 12.3. The maximum Gasteiger partial charge on any atom is 0.308 e. The summed E-state index contributed by atoms with van der Waals surface area (Å²) < 4.78 is 6.10. The first-order valence-electron chi connectivity index (χ1n) is 5.73. The molecule has 0 fully saturated rings. The summed E-state index contributed by atoms with van der Waals surface area (Å²) >= 11 is 3.47. The molecule has 2 unspecified atom stereocenters. The number of hydrogen-bond donors (Lipinski definition) is 2. The summed E-state index contributed by atoms with van der Waals surface area (Å²) in [5.74, 6) is -1.27. The highest BCUT2D eigenvalue weighted by Gasteiger charge is 2.20. The lowest BCUT2D eigenvalue weighted by Gasteiger charge is -2.21. The molecule has 1 aromatic carbocycles. The lowest BCUT2D eigenvalue weighted by molar-refractivity contribution is -0.141. The van der Waals surface area contributed by atoms with Crippen LogP contribution in [0, 0.1) is 5.92 Å². The summed E-state index contributed by atoms with van der Waals surface area (Å²) in [5, 5.41) is 12.2. The number of rotatable bonds is 6. The number of halogens is 1. The number of hydrogen-bond acceptors (Lipinski definition) is 3. The molecule has 0 aliphatic carbocycles. The Kier molecular flexibility index (Phi) is 5.62. The molecule has 0 aliphatic heterocycles. The highest BCUT2D eigenvalue weighted by molar-refractivity contribution is 9.10. The minimum atomic E-state index is -0.807. The van der Waals surface area contributed by atoms with Gasteiger partial charge in [-0.15, -0.1) is 0 Å². The van der Waals surface area contributed by atoms with Crippen LogP contribution in [0.2, 0.25) is 0 Å². The Hall–Kier alpha value is -1.07. The van der Waals surface area contributed by atoms with E-state index in [0.29, 0.717) is 6.61 Å². The molecule has 0 heterocycles. The van der Waals surface area contributed by atoms with Crippen molar-refractivity contribution in [3.63, 3.8) is 0 Å². The van der Waals surface area contributed by atoms with Gasteiger partial charge < -0.3 is 15.2 Å². The van der Waals surface area contributed by atoms with Gasteiger partial charge in [-0.05, 0) is 26.0 Å². The Labute approximate surface area is 115 Å². The molecule has 0 saturated carbocycles. The second-order valence-electron chi connectivity index (χ2n) is 4.26. The fraction of sp³-hybridized carbons (Fsp3) is 0.462. The minimum absolute atomic E-state index is 0.160. The molecule has 0 saturated heterocycles. The lowest BCUT2D eigenvalue weighted by atomic mass is 10.0. The molecule has 0 amide bonds. The van der Waals surface area contributed by atoms with Crippen LogP contribution in [0.25, 0.3) is 0 Å². The molecule has 0 bridgehead atoms. The van der Waals surface area contributed by atoms with E-state index in [4.69, 9.17) is 9.84 Å². The van der Waals surface area contributed by atoms with Gasteiger partial charge in [0.15, 0.2) is 0 Å². The Morgan fingerprint density at radius 1 is 1.50 bits per heavy atom. The van der Waals surface area contributed by atoms with Crippen LogP contribution in [0.1, 0.15) is 19.4 Å². The summed E-state index contributed by atoms with van der Waals surface area (Å²) in [6.07, 6.45) is 0. The van der Waals surface area contributed by atoms with Crippen LogP contribution in [-0.2, 0) is 16.1 Å². The predicted octanol–water partition coefficient (Wildman–Crippen LogP) is 3.12. The quantitative estimate of drug-likeness (QED) is 0.846. The van der Waals surface area contributed by atoms with Crippen molar-refractivity contribution >= 4 is 27.6 Å². The number of anilines is 1. The average Bonchev–Trinajstić information content (AvgIpc) is 2.32. The monoisotopic (exact) mass is 315 g/mol. The first-order valence-corrected chi connectivity index (χ1v) is 6.52. The van der Waals surface area contributed by atoms with Gasteiger partial charge in [0.05, 0.1) is 12.5 Å². The van der Waals surface area contributed by atoms with E-state index in [1.54, 1.807) is 14.0 Å². The van der Waals surface area contributed by atoms with Gasteiger partial charge in [-0.1, -0.05) is 22.0 Å². The summed E-state index contributed by atoms with van der Waals surface area (Å²) in [6.45, 7) is 4.02. The minimum Gasteiger partial charge on any atom is -0.481 e. The molecule has 0 spiro atoms. The van der Waals surface area contributed by atoms with E-state index in [2.05, 4.69) is 21.2 Å². The highest BCUT2D eigenvalue weighted by atomic mass is 79.9. The molecule has 0 radical (unpaired) electrons. The van der Waals surface area contributed by atoms with Crippen LogP contribution in [-0.4, -0.2) is 24.2 Å². The Morgan fingerprint density at radius 3 is 2.72 bits per heavy atom. The van der Waals surface area contributed by atoms with E-state index >= 15 is 0 Å². The smallest absolute Gasteiger partial charge is 0.308 e. The molecule has 1 rings (SSSR count). The predicted molar refractivity (Wildman–Crippen MR) is 74.7 cm³/mol. The van der Waals surface area contributed by atoms with Crippen LogP contribution in [0.4, 0.5) is 5.69 Å². The number of nitrogens with one attached hydrogen (secondary N) is 1. The van der Waals surface area contributed by atoms with E-state index in [-0.39, 0.29) is 6.04 Å². The molecule has 0 aromatic heterocycles. The van der Waals surface area contributed by atoms with Crippen molar-refractivity contribution in [1.82, 2.24) is 0 Å². The third-order valence-electron chi connectivity index (χ3n) is 2.93. The topological polar surface area (TPSA) is 58.6 Å². The molecular weight excluding hydrogens is 298 g/mol. The van der Waals surface area contributed by atoms with Crippen molar-refractivity contribution < 1.29 is 14.6 Å². The van der Waals surface area contributed by atoms with Crippen molar-refractivity contribution in [2.45, 2.75) is 26.5 Å². The zero-order chi connectivity index (χ0) is 13.7. The van der Waals surface area contributed by atoms with E-state index < -0.39 is 11.9 Å². The van der Waals surface area contributed by atoms with E-state index in [1.165, 1.54) is 0 Å². The van der Waals surface area contributed by atoms with Gasteiger partial charge >= 0.3 is 5.97 Å². The van der Waals surface area contributed by atoms with Crippen LogP contribution in [0.3, 0.4) is 0 Å². The molecule has 2 N–H and O–H groups in total. The van der Waals surface area contributed by atoms with Crippen molar-refractivity contribution in [2.75, 3.05) is 12.4 Å². The lowest BCUT2D eigenvalue weighted by Crippen LogP contribution is -2.30. The Balaban J connectivity index is 2.90. The first kappa shape index (κ1) is 15.0. The number of carbonyl (C=O) groups is 1. The fourth-order valence-electron chi connectivity index (χ4n) is 1.57. The number of carboxylic acid groups (broad SMARTS) is 1. The standard InChI is InChI=1S/C13H18BrNO3/c1-8(13(16)17)9(2)15-12-6-4-5-11(14)10(12)7-18-3/h4-6,8-9,15H,7H2,1-3H3,(H,16,17). The number of benzene rings is 1. The van der Waals surface area contributed by atoms with Gasteiger partial charge in [-0.25, -0.2) is 0 Å². The number of carboxylic acids is 1. The molecular formula is C13H18BrNO3. The second-order valence-corrected chi connectivity index (χ2v) is 5.11. The van der Waals surface area contributed by atoms with Crippen LogP contribution >= 0.6 is 15.9 Å². The largest absolute Gasteiger partial charge is 0.481 e. The van der Waals surface area contributed by atoms with Crippen molar-refractivity contribution in [1.29, 1.82) is 0 Å². The third-order valence-corrected chi connectivity index (χ3v) is 3.67. The van der Waals surface area contributed by atoms with Gasteiger partial charge in [0.25, 0.3) is 0 Å². The molecule has 5 heteroatoms. The summed E-state index contributed by atoms with van der Waals surface area (Å²) in [4.78, 5) is 10.9. The normalized spacial score (nSPS) is 14.0. The van der Waals surface area contributed by atoms with Gasteiger partial charge in [-0.3, -0.25) is 4.79 Å². The van der Waals surface area contributed by atoms with Crippen molar-refractivity contribution in [3.8, 4) is 0 Å². The maximum atomic E-state index is 10.9. The Morgan fingerprint density at radius 2 is 2.17 bits per heavy atom. The van der Waals surface area contributed by atoms with Gasteiger partial charge in [0.1, 0.15) is 0 Å². The van der Waals surface area contributed by atoms with E-state index in [0.717, 1.165) is 15.7 Å². The highest BCUT2D eigenvalue weighted by Crippen LogP contribution is 2.26. The van der Waals surface area contributed by atoms with Crippen molar-refractivity contribution in [3.05, 3.63) is 28.2 Å². The molecule has 1 aromatic rings. The van der Waals surface area contributed by atoms with Crippen LogP contribution < -0.4 is 5.32 Å². The van der Waals surface area contributed by atoms with Gasteiger partial charge in [-0.2, -0.15) is 0 Å². The van der Waals surface area contributed by atoms with Gasteiger partial charge in [0.2, 0.25) is 0 Å². The summed E-state index contributed by atoms with van der Waals surface area (Å²) in [7, 11) is 1.63. The average molecular weight is 316 g/mol. The van der Waals surface area contributed by atoms with Crippen molar-refractivity contribution in [2.24, 2.45) is 5.92 Å². The zero-order valence-electron chi connectivity index (χ0n) is 10.7. The second kappa shape index (κ2) is 6.75. The Bertz CT molecular complexity index is 423. The summed E-state index contributed by atoms with van der Waals surface area (Å²) in [6, 6.07) is 5.60. The van der Waals surface area contributed by atoms with Crippen LogP contribution in [0.15, 0.2) is 22.7 Å². The summed E-state index contributed by atoms with van der Waals surface area (Å²) in [5.41, 5.74) is 1.89. The number of aliphatic carboxylic acids is 1. The van der Waals surface area contributed by atoms with Gasteiger partial charge in [0, 0.05) is 28.9 Å². The first-order chi connectivity index (χ1) is 8.47. The van der Waals surface area contributed by atoms with E-state index in [9.17, 15) is 4.79 Å².